The van der Waals surface area contributed by atoms with Gasteiger partial charge in [-0.1, -0.05) is 26.8 Å². The van der Waals surface area contributed by atoms with E-state index >= 15 is 4.39 Å². The molecule has 4 rings (SSSR count). The molecule has 4 N–H and O–H groups in total. The maximum atomic E-state index is 15.9. The van der Waals surface area contributed by atoms with Crippen molar-refractivity contribution in [2.45, 2.75) is 37.5 Å². The largest absolute Gasteiger partial charge is 0.328 e. The minimum Gasteiger partial charge on any atom is -0.328 e. The molecule has 0 aliphatic heterocycles. The van der Waals surface area contributed by atoms with Crippen molar-refractivity contribution in [3.63, 3.8) is 0 Å². The molecule has 14 heteroatoms. The Morgan fingerprint density at radius 2 is 1.80 bits per heavy atom. The highest BCUT2D eigenvalue weighted by molar-refractivity contribution is 8.23. The Bertz CT molecular complexity index is 1670. The number of sulfonamides is 1. The summed E-state index contributed by atoms with van der Waals surface area (Å²) in [6, 6.07) is 7.63. The number of hydrogen-bond acceptors (Lipinski definition) is 7. The quantitative estimate of drug-likeness (QED) is 0.239. The van der Waals surface area contributed by atoms with Crippen molar-refractivity contribution >= 4 is 37.6 Å². The Labute approximate surface area is 235 Å². The lowest BCUT2D eigenvalue weighted by molar-refractivity contribution is 0.494. The maximum absolute atomic E-state index is 15.9. The van der Waals surface area contributed by atoms with Crippen LogP contribution in [0.1, 0.15) is 31.6 Å². The molecule has 0 bridgehead atoms. The van der Waals surface area contributed by atoms with Crippen LogP contribution in [0.5, 0.6) is 0 Å². The predicted molar refractivity (Wildman–Crippen MR) is 153 cm³/mol. The predicted octanol–water partition coefficient (Wildman–Crippen LogP) is 5.87. The van der Waals surface area contributed by atoms with Crippen LogP contribution in [0.4, 0.5) is 18.9 Å². The van der Waals surface area contributed by atoms with Gasteiger partial charge >= 0.3 is 0 Å². The van der Waals surface area contributed by atoms with E-state index in [4.69, 9.17) is 9.54 Å². The number of anilines is 1. The van der Waals surface area contributed by atoms with Crippen molar-refractivity contribution in [1.29, 1.82) is 0 Å². The highest BCUT2D eigenvalue weighted by atomic mass is 32.3. The number of aromatic nitrogens is 3. The fraction of sp³-hybridized carbons (Fsp3) is 0.269. The smallest absolute Gasteiger partial charge is 0.265 e. The highest BCUT2D eigenvalue weighted by Crippen LogP contribution is 2.42. The van der Waals surface area contributed by atoms with E-state index in [2.05, 4.69) is 9.97 Å². The third kappa shape index (κ3) is 6.81. The van der Waals surface area contributed by atoms with Crippen LogP contribution in [0.3, 0.4) is 0 Å². The molecule has 0 aliphatic carbocycles. The van der Waals surface area contributed by atoms with Crippen LogP contribution in [0, 0.1) is 17.5 Å². The van der Waals surface area contributed by atoms with Gasteiger partial charge in [0.25, 0.3) is 10.0 Å². The third-order valence-corrected chi connectivity index (χ3v) is 9.49. The Morgan fingerprint density at radius 1 is 1.07 bits per heavy atom. The van der Waals surface area contributed by atoms with E-state index in [0.29, 0.717) is 33.5 Å². The summed E-state index contributed by atoms with van der Waals surface area (Å²) in [5.74, 6) is -2.53. The number of thiazole rings is 1. The molecule has 1 atom stereocenters. The average molecular weight is 614 g/mol. The van der Waals surface area contributed by atoms with E-state index < -0.39 is 54.1 Å². The van der Waals surface area contributed by atoms with Gasteiger partial charge in [-0.25, -0.2) is 36.5 Å². The number of rotatable bonds is 8. The first-order valence-corrected chi connectivity index (χ1v) is 16.4. The normalized spacial score (nSPS) is 14.5. The number of nitrogens with zero attached hydrogens (tertiary/aromatic N) is 3. The molecule has 40 heavy (non-hydrogen) atoms. The van der Waals surface area contributed by atoms with Gasteiger partial charge in [-0.2, -0.15) is 0 Å². The zero-order valence-electron chi connectivity index (χ0n) is 22.0. The van der Waals surface area contributed by atoms with Gasteiger partial charge in [0.05, 0.1) is 39.0 Å². The average Bonchev–Trinajstić information content (AvgIpc) is 3.31. The first-order chi connectivity index (χ1) is 18.5. The van der Waals surface area contributed by atoms with Crippen LogP contribution in [0.25, 0.3) is 21.8 Å². The van der Waals surface area contributed by atoms with Crippen LogP contribution in [0.2, 0.25) is 0 Å². The van der Waals surface area contributed by atoms with Crippen molar-refractivity contribution in [2.24, 2.45) is 0 Å². The Balaban J connectivity index is 1.80. The summed E-state index contributed by atoms with van der Waals surface area (Å²) >= 11 is 1.30. The molecule has 0 saturated carbocycles. The van der Waals surface area contributed by atoms with Crippen molar-refractivity contribution in [3.05, 3.63) is 76.9 Å². The highest BCUT2D eigenvalue weighted by Gasteiger charge is 2.27. The minimum absolute atomic E-state index is 0.0274. The Morgan fingerprint density at radius 3 is 2.48 bits per heavy atom. The summed E-state index contributed by atoms with van der Waals surface area (Å²) in [4.78, 5) is 13.0. The molecule has 8 nitrogen and oxygen atoms in total. The lowest BCUT2D eigenvalue weighted by Gasteiger charge is -2.21. The molecular formula is C26H28F3N4O4S3+. The summed E-state index contributed by atoms with van der Waals surface area (Å²) in [6.45, 7) is 5.83. The van der Waals surface area contributed by atoms with Crippen LogP contribution in [-0.4, -0.2) is 44.5 Å². The van der Waals surface area contributed by atoms with Gasteiger partial charge in [0, 0.05) is 23.6 Å². The van der Waals surface area contributed by atoms with Crippen LogP contribution in [0.15, 0.2) is 53.6 Å². The van der Waals surface area contributed by atoms with Crippen molar-refractivity contribution in [3.8, 4) is 21.8 Å². The number of aryl methyl sites for hydroxylation is 1. The minimum atomic E-state index is -4.67. The first kappa shape index (κ1) is 29.9. The van der Waals surface area contributed by atoms with Gasteiger partial charge in [0.1, 0.15) is 22.4 Å². The molecule has 0 aliphatic rings. The monoisotopic (exact) mass is 613 g/mol. The van der Waals surface area contributed by atoms with Gasteiger partial charge in [0.2, 0.25) is 0 Å². The molecule has 2 aromatic heterocycles. The fourth-order valence-corrected chi connectivity index (χ4v) is 6.45. The maximum Gasteiger partial charge on any atom is 0.265 e. The van der Waals surface area contributed by atoms with Crippen molar-refractivity contribution < 1.29 is 30.7 Å². The Hall–Kier alpha value is -3.04. The number of hydrogen-bond donors (Lipinski definition) is 2. The van der Waals surface area contributed by atoms with Crippen LogP contribution >= 0.6 is 21.9 Å². The third-order valence-electron chi connectivity index (χ3n) is 5.61. The van der Waals surface area contributed by atoms with E-state index in [9.17, 15) is 21.8 Å². The molecule has 0 saturated heterocycles. The molecule has 214 valence electrons. The van der Waals surface area contributed by atoms with Crippen molar-refractivity contribution in [2.75, 3.05) is 16.7 Å². The zero-order valence-corrected chi connectivity index (χ0v) is 24.4. The second-order valence-corrected chi connectivity index (χ2v) is 15.3. The summed E-state index contributed by atoms with van der Waals surface area (Å²) in [6.07, 6.45) is 3.24. The lowest BCUT2D eigenvalue weighted by atomic mass is 9.98. The zero-order chi connectivity index (χ0) is 29.5. The van der Waals surface area contributed by atoms with E-state index in [1.165, 1.54) is 42.0 Å². The number of halogens is 3. The molecule has 0 fully saturated rings. The molecule has 0 spiro atoms. The molecule has 2 aromatic carbocycles. The Kier molecular flexibility index (Phi) is 8.30. The molecule has 0 amide bonds. The van der Waals surface area contributed by atoms with E-state index in [1.54, 1.807) is 6.07 Å². The van der Waals surface area contributed by atoms with E-state index in [-0.39, 0.29) is 23.4 Å². The molecular weight excluding hydrogens is 586 g/mol. The fourth-order valence-electron chi connectivity index (χ4n) is 3.61. The van der Waals surface area contributed by atoms with Crippen LogP contribution in [-0.2, 0) is 21.9 Å². The summed E-state index contributed by atoms with van der Waals surface area (Å²) < 4.78 is 89.0. The standard InChI is InChI=1S/C26H27F3N4O4S3/c1-26(2,3)25-32-23(24(38-25)19-10-12-30-21(31-19)11-13-39(4,34)35)16-6-5-7-18(22(16)29)33-40(36,37)20-14-15(27)8-9-17(20)28/h5-10,12,14,33-35H,11,13H2,1-4H3/p+1. The number of benzene rings is 2. The second-order valence-electron chi connectivity index (χ2n) is 10.1. The van der Waals surface area contributed by atoms with Gasteiger partial charge in [0.15, 0.2) is 5.82 Å². The number of nitrogens with one attached hydrogen (secondary N) is 1. The van der Waals surface area contributed by atoms with Gasteiger partial charge in [-0.05, 0) is 36.4 Å². The molecule has 0 radical (unpaired) electrons. The van der Waals surface area contributed by atoms with Gasteiger partial charge < -0.3 is 4.55 Å². The van der Waals surface area contributed by atoms with Gasteiger partial charge in [-0.15, -0.1) is 21.9 Å². The second kappa shape index (κ2) is 11.1. The molecule has 1 unspecified atom stereocenters. The summed E-state index contributed by atoms with van der Waals surface area (Å²) in [7, 11) is -7.18. The van der Waals surface area contributed by atoms with Gasteiger partial charge in [-0.3, -0.25) is 9.27 Å². The van der Waals surface area contributed by atoms with Crippen molar-refractivity contribution in [1.82, 2.24) is 15.0 Å². The summed E-state index contributed by atoms with van der Waals surface area (Å²) in [5.41, 5.74) is -0.249. The van der Waals surface area contributed by atoms with E-state index in [0.717, 1.165) is 6.07 Å². The lowest BCUT2D eigenvalue weighted by Crippen LogP contribution is -2.16. The topological polar surface area (TPSA) is 128 Å². The SMILES string of the molecule is CC(C)(C)c1nc(-c2cccc(NS(=O)(=O)c3cc(F)ccc3F)c2F)c(-c2ccnc(CCS(C)(O)[OH2+])n2)s1. The summed E-state index contributed by atoms with van der Waals surface area (Å²) in [5, 5.41) is 0.670. The first-order valence-electron chi connectivity index (χ1n) is 11.9. The van der Waals surface area contributed by atoms with Crippen LogP contribution < -0.4 is 4.72 Å². The molecule has 4 aromatic rings. The molecule has 2 heterocycles. The van der Waals surface area contributed by atoms with E-state index in [1.807, 2.05) is 25.5 Å².